The molecular weight excluding hydrogens is 394 g/mol. The van der Waals surface area contributed by atoms with Gasteiger partial charge in [0.1, 0.15) is 0 Å². The lowest BCUT2D eigenvalue weighted by atomic mass is 9.92. The van der Waals surface area contributed by atoms with Crippen molar-refractivity contribution in [2.75, 3.05) is 25.2 Å². The first-order valence-corrected chi connectivity index (χ1v) is 11.5. The van der Waals surface area contributed by atoms with Crippen molar-refractivity contribution in [3.63, 3.8) is 0 Å². The van der Waals surface area contributed by atoms with E-state index in [2.05, 4.69) is 5.32 Å². The smallest absolute Gasteiger partial charge is 0.414 e. The number of amides is 1. The number of carbonyl (C=O) groups is 1. The molecule has 1 aromatic rings. The Hall–Kier alpha value is -2.81. The van der Waals surface area contributed by atoms with E-state index in [9.17, 15) is 18.0 Å². The number of hydrogen-bond donors (Lipinski definition) is 1. The first kappa shape index (κ1) is 19.5. The molecule has 1 aliphatic carbocycles. The first-order chi connectivity index (χ1) is 13.7. The van der Waals surface area contributed by atoms with Crippen LogP contribution in [-0.2, 0) is 21.6 Å². The van der Waals surface area contributed by atoms with Gasteiger partial charge in [-0.05, 0) is 42.2 Å². The molecule has 0 spiro atoms. The third-order valence-electron chi connectivity index (χ3n) is 5.34. The number of fused-ring (bicyclic) bond motifs is 2. The summed E-state index contributed by atoms with van der Waals surface area (Å²) in [5.41, 5.74) is 3.58. The molecule has 3 heterocycles. The van der Waals surface area contributed by atoms with Gasteiger partial charge in [0, 0.05) is 37.8 Å². The normalized spacial score (nSPS) is 20.2. The van der Waals surface area contributed by atoms with Gasteiger partial charge in [-0.2, -0.15) is 0 Å². The summed E-state index contributed by atoms with van der Waals surface area (Å²) in [5, 5.41) is 3.32. The van der Waals surface area contributed by atoms with Crippen LogP contribution < -0.4 is 10.9 Å². The Morgan fingerprint density at radius 3 is 2.83 bits per heavy atom. The van der Waals surface area contributed by atoms with Gasteiger partial charge in [-0.3, -0.25) is 9.69 Å². The molecule has 0 saturated heterocycles. The van der Waals surface area contributed by atoms with Crippen LogP contribution in [0.4, 0.5) is 4.79 Å². The molecule has 1 N–H and O–H groups in total. The van der Waals surface area contributed by atoms with Crippen LogP contribution in [0.25, 0.3) is 11.3 Å². The maximum atomic E-state index is 13.1. The van der Waals surface area contributed by atoms with Gasteiger partial charge in [-0.1, -0.05) is 0 Å². The van der Waals surface area contributed by atoms with Gasteiger partial charge < -0.3 is 14.6 Å². The van der Waals surface area contributed by atoms with Gasteiger partial charge in [0.05, 0.1) is 29.7 Å². The predicted molar refractivity (Wildman–Crippen MR) is 110 cm³/mol. The molecular formula is C20H23N3O5S. The van der Waals surface area contributed by atoms with Gasteiger partial charge in [0.25, 0.3) is 5.56 Å². The SMILES string of the molecule is CCOC(=O)N1C=C2C=C(CS(C)(=O)=O)c3ccn(C)c(=O)c3C3=C2C1CCN3. The summed E-state index contributed by atoms with van der Waals surface area (Å²) >= 11 is 0. The zero-order valence-electron chi connectivity index (χ0n) is 16.6. The molecule has 0 saturated carbocycles. The van der Waals surface area contributed by atoms with Crippen LogP contribution in [0.2, 0.25) is 0 Å². The van der Waals surface area contributed by atoms with Gasteiger partial charge in [-0.15, -0.1) is 0 Å². The van der Waals surface area contributed by atoms with Crippen molar-refractivity contribution >= 4 is 27.2 Å². The molecule has 154 valence electrons. The maximum Gasteiger partial charge on any atom is 0.414 e. The second-order valence-electron chi connectivity index (χ2n) is 7.47. The topological polar surface area (TPSA) is 97.7 Å². The molecule has 29 heavy (non-hydrogen) atoms. The van der Waals surface area contributed by atoms with Crippen molar-refractivity contribution in [3.05, 3.63) is 57.2 Å². The predicted octanol–water partition coefficient (Wildman–Crippen LogP) is 1.26. The number of rotatable bonds is 3. The fraction of sp³-hybridized carbons (Fsp3) is 0.400. The van der Waals surface area contributed by atoms with Crippen molar-refractivity contribution in [2.24, 2.45) is 7.05 Å². The van der Waals surface area contributed by atoms with Gasteiger partial charge in [-0.25, -0.2) is 13.2 Å². The summed E-state index contributed by atoms with van der Waals surface area (Å²) in [7, 11) is -1.68. The Bertz CT molecular complexity index is 1160. The van der Waals surface area contributed by atoms with Crippen molar-refractivity contribution in [1.82, 2.24) is 14.8 Å². The van der Waals surface area contributed by atoms with Crippen LogP contribution in [0, 0.1) is 0 Å². The minimum atomic E-state index is -3.34. The van der Waals surface area contributed by atoms with Crippen LogP contribution in [-0.4, -0.2) is 55.2 Å². The Morgan fingerprint density at radius 1 is 1.38 bits per heavy atom. The highest BCUT2D eigenvalue weighted by Crippen LogP contribution is 2.42. The molecule has 1 aromatic heterocycles. The molecule has 0 bridgehead atoms. The standard InChI is InChI=1S/C20H23N3O5S/c1-4-28-20(25)23-10-12-9-13(11-29(3,26)27)14-6-8-22(2)19(24)17(14)18-16(12)15(23)5-7-21-18/h6,8-10,15,21H,4-5,7,11H2,1-3H3. The monoisotopic (exact) mass is 417 g/mol. The number of hydrogen-bond acceptors (Lipinski definition) is 6. The Kier molecular flexibility index (Phi) is 4.65. The van der Waals surface area contributed by atoms with Crippen LogP contribution in [0.5, 0.6) is 0 Å². The van der Waals surface area contributed by atoms with Crippen LogP contribution in [0.15, 0.2) is 40.5 Å². The van der Waals surface area contributed by atoms with Crippen molar-refractivity contribution in [3.8, 4) is 0 Å². The lowest BCUT2D eigenvalue weighted by molar-refractivity contribution is 0.115. The number of nitrogens with zero attached hydrogens (tertiary/aromatic N) is 2. The molecule has 0 fully saturated rings. The molecule has 8 nitrogen and oxygen atoms in total. The number of aromatic nitrogens is 1. The molecule has 1 unspecified atom stereocenters. The second-order valence-corrected chi connectivity index (χ2v) is 9.61. The average molecular weight is 417 g/mol. The molecule has 4 rings (SSSR count). The first-order valence-electron chi connectivity index (χ1n) is 9.45. The van der Waals surface area contributed by atoms with E-state index in [4.69, 9.17) is 4.74 Å². The third-order valence-corrected chi connectivity index (χ3v) is 6.17. The highest BCUT2D eigenvalue weighted by atomic mass is 32.2. The van der Waals surface area contributed by atoms with E-state index in [1.54, 1.807) is 43.4 Å². The summed E-state index contributed by atoms with van der Waals surface area (Å²) in [6, 6.07) is 1.52. The highest BCUT2D eigenvalue weighted by Gasteiger charge is 2.40. The minimum Gasteiger partial charge on any atom is -0.449 e. The van der Waals surface area contributed by atoms with E-state index in [1.807, 2.05) is 0 Å². The molecule has 0 aromatic carbocycles. The lowest BCUT2D eigenvalue weighted by Gasteiger charge is -2.30. The van der Waals surface area contributed by atoms with E-state index in [1.165, 1.54) is 10.8 Å². The number of nitrogens with one attached hydrogen (secondary N) is 1. The number of carbonyl (C=O) groups excluding carboxylic acids is 1. The number of ether oxygens (including phenoxy) is 1. The Labute approximate surface area is 169 Å². The van der Waals surface area contributed by atoms with Crippen LogP contribution in [0.3, 0.4) is 0 Å². The molecule has 1 amide bonds. The summed E-state index contributed by atoms with van der Waals surface area (Å²) in [4.78, 5) is 27.1. The van der Waals surface area contributed by atoms with Gasteiger partial charge in [0.15, 0.2) is 9.84 Å². The van der Waals surface area contributed by atoms with E-state index < -0.39 is 15.9 Å². The fourth-order valence-corrected chi connectivity index (χ4v) is 4.99. The van der Waals surface area contributed by atoms with Gasteiger partial charge in [0.2, 0.25) is 0 Å². The molecule has 2 aliphatic heterocycles. The number of aryl methyl sites for hydroxylation is 1. The number of sulfone groups is 1. The number of allylic oxidation sites excluding steroid dienone is 1. The summed E-state index contributed by atoms with van der Waals surface area (Å²) in [6.45, 7) is 2.59. The van der Waals surface area contributed by atoms with Crippen LogP contribution >= 0.6 is 0 Å². The maximum absolute atomic E-state index is 13.1. The zero-order chi connectivity index (χ0) is 20.9. The van der Waals surface area contributed by atoms with Gasteiger partial charge >= 0.3 is 6.09 Å². The second kappa shape index (κ2) is 6.91. The summed E-state index contributed by atoms with van der Waals surface area (Å²) in [6.07, 6.45) is 6.50. The Balaban J connectivity index is 1.99. The van der Waals surface area contributed by atoms with Crippen molar-refractivity contribution < 1.29 is 17.9 Å². The Morgan fingerprint density at radius 2 is 2.14 bits per heavy atom. The highest BCUT2D eigenvalue weighted by molar-refractivity contribution is 7.91. The average Bonchev–Trinajstić information content (AvgIpc) is 2.95. The van der Waals surface area contributed by atoms with Crippen LogP contribution in [0.1, 0.15) is 24.5 Å². The molecule has 3 aliphatic rings. The van der Waals surface area contributed by atoms with E-state index in [-0.39, 0.29) is 24.0 Å². The molecule has 1 atom stereocenters. The zero-order valence-corrected chi connectivity index (χ0v) is 17.4. The quantitative estimate of drug-likeness (QED) is 0.795. The molecule has 0 radical (unpaired) electrons. The fourth-order valence-electron chi connectivity index (χ4n) is 4.19. The lowest BCUT2D eigenvalue weighted by Crippen LogP contribution is -2.41. The number of pyridine rings is 1. The third kappa shape index (κ3) is 3.29. The van der Waals surface area contributed by atoms with Crippen molar-refractivity contribution in [2.45, 2.75) is 19.4 Å². The van der Waals surface area contributed by atoms with E-state index in [0.717, 1.165) is 11.1 Å². The summed E-state index contributed by atoms with van der Waals surface area (Å²) < 4.78 is 30.9. The van der Waals surface area contributed by atoms with Crippen molar-refractivity contribution in [1.29, 1.82) is 0 Å². The largest absolute Gasteiger partial charge is 0.449 e. The van der Waals surface area contributed by atoms with E-state index in [0.29, 0.717) is 35.4 Å². The van der Waals surface area contributed by atoms with E-state index >= 15 is 0 Å². The summed E-state index contributed by atoms with van der Waals surface area (Å²) in [5.74, 6) is -0.199. The minimum absolute atomic E-state index is 0.199. The molecule has 9 heteroatoms.